The fourth-order valence-corrected chi connectivity index (χ4v) is 2.60. The molecule has 0 fully saturated rings. The van der Waals surface area contributed by atoms with E-state index in [0.29, 0.717) is 12.2 Å². The number of hydrogen-bond acceptors (Lipinski definition) is 3. The van der Waals surface area contributed by atoms with E-state index in [4.69, 9.17) is 0 Å². The molecule has 0 saturated heterocycles. The van der Waals surface area contributed by atoms with Gasteiger partial charge in [0.15, 0.2) is 5.69 Å². The van der Waals surface area contributed by atoms with Crippen LogP contribution in [0.25, 0.3) is 5.69 Å². The average Bonchev–Trinajstić information content (AvgIpc) is 2.61. The van der Waals surface area contributed by atoms with Crippen LogP contribution < -0.4 is 10.7 Å². The molecule has 0 unspecified atom stereocenters. The summed E-state index contributed by atoms with van der Waals surface area (Å²) in [5.74, 6) is -0.474. The van der Waals surface area contributed by atoms with E-state index >= 15 is 0 Å². The zero-order chi connectivity index (χ0) is 17.8. The van der Waals surface area contributed by atoms with Gasteiger partial charge in [-0.3, -0.25) is 9.59 Å². The van der Waals surface area contributed by atoms with Gasteiger partial charge < -0.3 is 5.32 Å². The van der Waals surface area contributed by atoms with Gasteiger partial charge in [0.2, 0.25) is 5.43 Å². The van der Waals surface area contributed by atoms with Gasteiger partial charge in [-0.15, -0.1) is 0 Å². The van der Waals surface area contributed by atoms with E-state index in [9.17, 15) is 9.59 Å². The Balaban J connectivity index is 1.88. The minimum Gasteiger partial charge on any atom is -0.346 e. The predicted octanol–water partition coefficient (Wildman–Crippen LogP) is 2.78. The maximum absolute atomic E-state index is 12.5. The molecule has 0 aliphatic carbocycles. The van der Waals surface area contributed by atoms with Crippen LogP contribution in [0.4, 0.5) is 0 Å². The molecule has 5 nitrogen and oxygen atoms in total. The van der Waals surface area contributed by atoms with Gasteiger partial charge in [-0.1, -0.05) is 42.5 Å². The summed E-state index contributed by atoms with van der Waals surface area (Å²) in [6.07, 6.45) is 0. The zero-order valence-electron chi connectivity index (χ0n) is 14.2. The van der Waals surface area contributed by atoms with E-state index in [1.54, 1.807) is 11.6 Å². The van der Waals surface area contributed by atoms with Crippen LogP contribution in [-0.4, -0.2) is 15.7 Å². The molecule has 2 aromatic carbocycles. The molecule has 1 aromatic heterocycles. The largest absolute Gasteiger partial charge is 0.346 e. The third-order valence-electron chi connectivity index (χ3n) is 4.02. The minimum absolute atomic E-state index is 0.108. The molecule has 0 radical (unpaired) electrons. The van der Waals surface area contributed by atoms with Gasteiger partial charge in [0, 0.05) is 18.3 Å². The van der Waals surface area contributed by atoms with E-state index in [1.165, 1.54) is 6.07 Å². The summed E-state index contributed by atoms with van der Waals surface area (Å²) in [5.41, 5.74) is 3.07. The molecule has 3 rings (SSSR count). The van der Waals surface area contributed by atoms with Crippen molar-refractivity contribution in [2.75, 3.05) is 0 Å². The van der Waals surface area contributed by atoms with Gasteiger partial charge >= 0.3 is 0 Å². The summed E-state index contributed by atoms with van der Waals surface area (Å²) in [4.78, 5) is 24.7. The highest BCUT2D eigenvalue weighted by molar-refractivity contribution is 5.92. The van der Waals surface area contributed by atoms with E-state index < -0.39 is 5.91 Å². The van der Waals surface area contributed by atoms with Crippen LogP contribution in [0.15, 0.2) is 65.5 Å². The number of nitrogens with zero attached hydrogens (tertiary/aromatic N) is 2. The van der Waals surface area contributed by atoms with Crippen molar-refractivity contribution in [3.05, 3.63) is 93.4 Å². The Morgan fingerprint density at radius 3 is 2.44 bits per heavy atom. The maximum Gasteiger partial charge on any atom is 0.276 e. The number of carbonyl (C=O) groups is 1. The van der Waals surface area contributed by atoms with E-state index in [1.807, 2.05) is 61.5 Å². The van der Waals surface area contributed by atoms with Gasteiger partial charge in [-0.25, -0.2) is 4.68 Å². The number of para-hydroxylation sites is 1. The first kappa shape index (κ1) is 16.6. The molecule has 3 aromatic rings. The van der Waals surface area contributed by atoms with Crippen molar-refractivity contribution in [1.82, 2.24) is 15.1 Å². The molecule has 0 saturated carbocycles. The van der Waals surface area contributed by atoms with E-state index in [0.717, 1.165) is 16.8 Å². The highest BCUT2D eigenvalue weighted by atomic mass is 16.2. The van der Waals surface area contributed by atoms with Crippen molar-refractivity contribution in [3.8, 4) is 5.69 Å². The summed E-state index contributed by atoms with van der Waals surface area (Å²) < 4.78 is 1.60. The van der Waals surface area contributed by atoms with Crippen LogP contribution in [0.5, 0.6) is 0 Å². The number of aromatic nitrogens is 2. The van der Waals surface area contributed by atoms with Crippen LogP contribution in [-0.2, 0) is 6.54 Å². The number of rotatable bonds is 4. The first-order chi connectivity index (χ1) is 12.1. The fourth-order valence-electron chi connectivity index (χ4n) is 2.60. The lowest BCUT2D eigenvalue weighted by Gasteiger charge is -2.11. The second-order valence-corrected chi connectivity index (χ2v) is 5.86. The zero-order valence-corrected chi connectivity index (χ0v) is 14.2. The number of nitrogens with one attached hydrogen (secondary N) is 1. The molecule has 0 spiro atoms. The third-order valence-corrected chi connectivity index (χ3v) is 4.02. The highest BCUT2D eigenvalue weighted by Gasteiger charge is 2.15. The van der Waals surface area contributed by atoms with Gasteiger partial charge in [-0.05, 0) is 37.1 Å². The van der Waals surface area contributed by atoms with Crippen molar-refractivity contribution in [1.29, 1.82) is 0 Å². The first-order valence-corrected chi connectivity index (χ1v) is 8.05. The predicted molar refractivity (Wildman–Crippen MR) is 96.9 cm³/mol. The molecule has 5 heteroatoms. The van der Waals surface area contributed by atoms with Crippen molar-refractivity contribution in [2.45, 2.75) is 20.4 Å². The second-order valence-electron chi connectivity index (χ2n) is 5.86. The van der Waals surface area contributed by atoms with Gasteiger partial charge in [0.05, 0.1) is 5.69 Å². The Labute approximate surface area is 145 Å². The lowest BCUT2D eigenvalue weighted by atomic mass is 10.1. The van der Waals surface area contributed by atoms with Crippen LogP contribution in [0.2, 0.25) is 0 Å². The number of aryl methyl sites for hydroxylation is 2. The first-order valence-electron chi connectivity index (χ1n) is 8.05. The van der Waals surface area contributed by atoms with Crippen LogP contribution in [0.1, 0.15) is 27.3 Å². The monoisotopic (exact) mass is 333 g/mol. The molecule has 1 heterocycles. The van der Waals surface area contributed by atoms with Crippen molar-refractivity contribution >= 4 is 5.91 Å². The molecule has 0 bridgehead atoms. The Morgan fingerprint density at radius 2 is 1.72 bits per heavy atom. The summed E-state index contributed by atoms with van der Waals surface area (Å²) in [5, 5.41) is 7.05. The summed E-state index contributed by atoms with van der Waals surface area (Å²) in [7, 11) is 0. The summed E-state index contributed by atoms with van der Waals surface area (Å²) in [6.45, 7) is 4.12. The lowest BCUT2D eigenvalue weighted by molar-refractivity contribution is 0.0943. The smallest absolute Gasteiger partial charge is 0.276 e. The standard InChI is InChI=1S/C20H19N3O2/c1-14-8-6-7-9-16(14)13-21-20(25)19-18(24)12-15(2)23(22-19)17-10-4-3-5-11-17/h3-12H,13H2,1-2H3,(H,21,25). The Hall–Kier alpha value is -3.21. The minimum atomic E-state index is -0.474. The van der Waals surface area contributed by atoms with Crippen molar-refractivity contribution in [3.63, 3.8) is 0 Å². The van der Waals surface area contributed by atoms with Crippen LogP contribution in [0, 0.1) is 13.8 Å². The molecule has 1 amide bonds. The summed E-state index contributed by atoms with van der Waals surface area (Å²) >= 11 is 0. The number of hydrogen-bond donors (Lipinski definition) is 1. The van der Waals surface area contributed by atoms with Crippen molar-refractivity contribution < 1.29 is 4.79 Å². The maximum atomic E-state index is 12.5. The van der Waals surface area contributed by atoms with Crippen LogP contribution >= 0.6 is 0 Å². The Bertz CT molecular complexity index is 962. The molecule has 126 valence electrons. The van der Waals surface area contributed by atoms with Crippen molar-refractivity contribution in [2.24, 2.45) is 0 Å². The topological polar surface area (TPSA) is 64.0 Å². The SMILES string of the molecule is Cc1ccccc1CNC(=O)c1nn(-c2ccccc2)c(C)cc1=O. The van der Waals surface area contributed by atoms with Crippen LogP contribution in [0.3, 0.4) is 0 Å². The highest BCUT2D eigenvalue weighted by Crippen LogP contribution is 2.09. The third kappa shape index (κ3) is 3.66. The lowest BCUT2D eigenvalue weighted by Crippen LogP contribution is -2.31. The van der Waals surface area contributed by atoms with E-state index in [-0.39, 0.29) is 11.1 Å². The number of carbonyl (C=O) groups excluding carboxylic acids is 1. The number of amides is 1. The molecule has 0 aliphatic rings. The molecule has 0 aliphatic heterocycles. The Morgan fingerprint density at radius 1 is 1.04 bits per heavy atom. The molecular formula is C20H19N3O2. The average molecular weight is 333 g/mol. The van der Waals surface area contributed by atoms with E-state index in [2.05, 4.69) is 10.4 Å². The normalized spacial score (nSPS) is 10.5. The van der Waals surface area contributed by atoms with Gasteiger partial charge in [0.1, 0.15) is 0 Å². The second kappa shape index (κ2) is 7.13. The molecule has 1 N–H and O–H groups in total. The molecule has 25 heavy (non-hydrogen) atoms. The van der Waals surface area contributed by atoms with Gasteiger partial charge in [0.25, 0.3) is 5.91 Å². The Kier molecular flexibility index (Phi) is 4.75. The van der Waals surface area contributed by atoms with Gasteiger partial charge in [-0.2, -0.15) is 5.10 Å². The quantitative estimate of drug-likeness (QED) is 0.798. The fraction of sp³-hybridized carbons (Fsp3) is 0.150. The molecule has 0 atom stereocenters. The summed E-state index contributed by atoms with van der Waals surface area (Å²) in [6, 6.07) is 18.6. The number of benzene rings is 2. The molecular weight excluding hydrogens is 314 g/mol.